The molecule has 0 unspecified atom stereocenters. The Bertz CT molecular complexity index is 1490. The van der Waals surface area contributed by atoms with Crippen molar-refractivity contribution < 1.29 is 4.79 Å². The van der Waals surface area contributed by atoms with Crippen molar-refractivity contribution in [3.63, 3.8) is 0 Å². The van der Waals surface area contributed by atoms with Gasteiger partial charge in [-0.1, -0.05) is 46.3 Å². The highest BCUT2D eigenvalue weighted by Crippen LogP contribution is 2.45. The molecule has 7 nitrogen and oxygen atoms in total. The zero-order valence-corrected chi connectivity index (χ0v) is 18.7. The molecule has 2 aromatic carbocycles. The summed E-state index contributed by atoms with van der Waals surface area (Å²) < 4.78 is 3.41. The van der Waals surface area contributed by atoms with Crippen LogP contribution in [0.5, 0.6) is 0 Å². The summed E-state index contributed by atoms with van der Waals surface area (Å²) in [6.45, 7) is 0. The van der Waals surface area contributed by atoms with Crippen LogP contribution in [0.4, 0.5) is 5.69 Å². The molecule has 0 radical (unpaired) electrons. The zero-order valence-electron chi connectivity index (χ0n) is 17.1. The van der Waals surface area contributed by atoms with Crippen molar-refractivity contribution in [2.45, 2.75) is 5.92 Å². The van der Waals surface area contributed by atoms with Gasteiger partial charge in [0.15, 0.2) is 0 Å². The standard InChI is InChI=1S/C23H19BrN4O3/c1-26-15-7-5-4-6-14(15)16(21(26)29)17-18-20(27(2)23(31)28(3)22(18)30)25-19(17)12-8-10-13(24)11-9-12/h4-11,16,25H,1-3H3/t16-/m1/s1. The number of aromatic nitrogens is 3. The number of amides is 1. The van der Waals surface area contributed by atoms with Gasteiger partial charge in [0.1, 0.15) is 5.65 Å². The number of nitrogens with zero attached hydrogens (tertiary/aromatic N) is 3. The van der Waals surface area contributed by atoms with Gasteiger partial charge in [0.2, 0.25) is 5.91 Å². The van der Waals surface area contributed by atoms with Gasteiger partial charge in [0.05, 0.1) is 17.0 Å². The molecular formula is C23H19BrN4O3. The first-order valence-electron chi connectivity index (χ1n) is 9.75. The number of nitrogens with one attached hydrogen (secondary N) is 1. The average molecular weight is 479 g/mol. The molecule has 1 aliphatic rings. The van der Waals surface area contributed by atoms with E-state index in [9.17, 15) is 14.4 Å². The molecule has 1 N–H and O–H groups in total. The molecule has 1 aliphatic heterocycles. The van der Waals surface area contributed by atoms with Crippen LogP contribution < -0.4 is 16.1 Å². The lowest BCUT2D eigenvalue weighted by atomic mass is 9.89. The monoisotopic (exact) mass is 478 g/mol. The number of aromatic amines is 1. The highest BCUT2D eigenvalue weighted by atomic mass is 79.9. The Morgan fingerprint density at radius 1 is 0.903 bits per heavy atom. The Kier molecular flexibility index (Phi) is 4.30. The molecule has 0 aliphatic carbocycles. The summed E-state index contributed by atoms with van der Waals surface area (Å²) in [6.07, 6.45) is 0. The third kappa shape index (κ3) is 2.68. The molecule has 0 spiro atoms. The van der Waals surface area contributed by atoms with Gasteiger partial charge in [0, 0.05) is 36.9 Å². The normalized spacial score (nSPS) is 15.7. The number of H-pyrrole nitrogens is 1. The fourth-order valence-electron chi connectivity index (χ4n) is 4.44. The first-order chi connectivity index (χ1) is 14.8. The Labute approximate surface area is 185 Å². The lowest BCUT2D eigenvalue weighted by Gasteiger charge is -2.13. The molecule has 5 rings (SSSR count). The van der Waals surface area contributed by atoms with Crippen LogP contribution in [0.2, 0.25) is 0 Å². The number of benzene rings is 2. The summed E-state index contributed by atoms with van der Waals surface area (Å²) in [6, 6.07) is 15.2. The number of halogens is 1. The lowest BCUT2D eigenvalue weighted by molar-refractivity contribution is -0.118. The third-order valence-corrected chi connectivity index (χ3v) is 6.58. The minimum absolute atomic E-state index is 0.114. The predicted molar refractivity (Wildman–Crippen MR) is 124 cm³/mol. The van der Waals surface area contributed by atoms with E-state index < -0.39 is 17.2 Å². The van der Waals surface area contributed by atoms with Gasteiger partial charge in [-0.3, -0.25) is 18.7 Å². The first kappa shape index (κ1) is 19.6. The number of hydrogen-bond acceptors (Lipinski definition) is 3. The van der Waals surface area contributed by atoms with E-state index in [2.05, 4.69) is 20.9 Å². The quantitative estimate of drug-likeness (QED) is 0.480. The van der Waals surface area contributed by atoms with Crippen LogP contribution in [0.3, 0.4) is 0 Å². The van der Waals surface area contributed by atoms with Crippen LogP contribution in [0.15, 0.2) is 62.6 Å². The molecule has 8 heteroatoms. The molecule has 2 aromatic heterocycles. The summed E-state index contributed by atoms with van der Waals surface area (Å²) >= 11 is 3.45. The molecule has 156 valence electrons. The lowest BCUT2D eigenvalue weighted by Crippen LogP contribution is -2.37. The Morgan fingerprint density at radius 2 is 1.58 bits per heavy atom. The van der Waals surface area contributed by atoms with Gasteiger partial charge in [-0.25, -0.2) is 4.79 Å². The maximum atomic E-state index is 13.4. The minimum Gasteiger partial charge on any atom is -0.340 e. The molecule has 31 heavy (non-hydrogen) atoms. The number of rotatable bonds is 2. The van der Waals surface area contributed by atoms with Gasteiger partial charge >= 0.3 is 5.69 Å². The second-order valence-corrected chi connectivity index (χ2v) is 8.65. The number of anilines is 1. The van der Waals surface area contributed by atoms with E-state index in [1.807, 2.05) is 48.5 Å². The smallest absolute Gasteiger partial charge is 0.332 e. The number of para-hydroxylation sites is 1. The number of likely N-dealkylation sites (N-methyl/N-ethyl adjacent to an activating group) is 1. The minimum atomic E-state index is -0.654. The number of carbonyl (C=O) groups excluding carboxylic acids is 1. The third-order valence-electron chi connectivity index (χ3n) is 6.05. The van der Waals surface area contributed by atoms with E-state index in [1.54, 1.807) is 19.0 Å². The van der Waals surface area contributed by atoms with Crippen molar-refractivity contribution in [2.24, 2.45) is 14.1 Å². The molecule has 1 amide bonds. The van der Waals surface area contributed by atoms with Crippen LogP contribution >= 0.6 is 15.9 Å². The highest BCUT2D eigenvalue weighted by Gasteiger charge is 2.40. The molecule has 0 saturated carbocycles. The van der Waals surface area contributed by atoms with E-state index in [0.717, 1.165) is 25.9 Å². The average Bonchev–Trinajstić information content (AvgIpc) is 3.27. The maximum absolute atomic E-state index is 13.4. The van der Waals surface area contributed by atoms with Crippen LogP contribution in [-0.4, -0.2) is 27.1 Å². The van der Waals surface area contributed by atoms with E-state index in [0.29, 0.717) is 22.3 Å². The summed E-state index contributed by atoms with van der Waals surface area (Å²) in [7, 11) is 4.81. The van der Waals surface area contributed by atoms with Crippen molar-refractivity contribution in [3.8, 4) is 11.3 Å². The number of fused-ring (bicyclic) bond motifs is 2. The van der Waals surface area contributed by atoms with Crippen LogP contribution in [0.1, 0.15) is 17.0 Å². The molecule has 0 bridgehead atoms. The van der Waals surface area contributed by atoms with Crippen molar-refractivity contribution in [3.05, 3.63) is 85.0 Å². The van der Waals surface area contributed by atoms with E-state index >= 15 is 0 Å². The van der Waals surface area contributed by atoms with Gasteiger partial charge in [0.25, 0.3) is 5.56 Å². The Hall–Kier alpha value is -3.39. The first-order valence-corrected chi connectivity index (χ1v) is 10.5. The number of carbonyl (C=O) groups is 1. The molecule has 4 aromatic rings. The van der Waals surface area contributed by atoms with E-state index in [-0.39, 0.29) is 5.91 Å². The molecule has 0 saturated heterocycles. The molecule has 0 fully saturated rings. The Morgan fingerprint density at radius 3 is 2.29 bits per heavy atom. The second-order valence-electron chi connectivity index (χ2n) is 7.74. The fraction of sp³-hybridized carbons (Fsp3) is 0.174. The van der Waals surface area contributed by atoms with E-state index in [4.69, 9.17) is 0 Å². The summed E-state index contributed by atoms with van der Waals surface area (Å²) in [5.74, 6) is -0.768. The van der Waals surface area contributed by atoms with Crippen molar-refractivity contribution >= 4 is 38.6 Å². The largest absolute Gasteiger partial charge is 0.340 e. The zero-order chi connectivity index (χ0) is 22.0. The van der Waals surface area contributed by atoms with Gasteiger partial charge in [-0.05, 0) is 29.3 Å². The molecular weight excluding hydrogens is 460 g/mol. The highest BCUT2D eigenvalue weighted by molar-refractivity contribution is 9.10. The van der Waals surface area contributed by atoms with Crippen molar-refractivity contribution in [2.75, 3.05) is 11.9 Å². The van der Waals surface area contributed by atoms with Gasteiger partial charge in [-0.15, -0.1) is 0 Å². The van der Waals surface area contributed by atoms with Crippen LogP contribution in [0.25, 0.3) is 22.3 Å². The van der Waals surface area contributed by atoms with Gasteiger partial charge < -0.3 is 9.88 Å². The van der Waals surface area contributed by atoms with Crippen molar-refractivity contribution in [1.82, 2.24) is 14.1 Å². The van der Waals surface area contributed by atoms with Crippen LogP contribution in [0, 0.1) is 0 Å². The SMILES string of the molecule is CN1C(=O)[C@@H](c2c(-c3ccc(Br)cc3)[nH]c3c2c(=O)n(C)c(=O)n3C)c2ccccc21. The van der Waals surface area contributed by atoms with Gasteiger partial charge in [-0.2, -0.15) is 0 Å². The number of aryl methyl sites for hydroxylation is 1. The fourth-order valence-corrected chi connectivity index (χ4v) is 4.70. The van der Waals surface area contributed by atoms with Crippen molar-refractivity contribution in [1.29, 1.82) is 0 Å². The second kappa shape index (κ2) is 6.81. The van der Waals surface area contributed by atoms with Crippen LogP contribution in [-0.2, 0) is 18.9 Å². The molecule has 1 atom stereocenters. The summed E-state index contributed by atoms with van der Waals surface area (Å²) in [4.78, 5) is 44.2. The molecule has 3 heterocycles. The predicted octanol–water partition coefficient (Wildman–Crippen LogP) is 3.10. The van der Waals surface area contributed by atoms with E-state index in [1.165, 1.54) is 11.6 Å². The number of hydrogen-bond donors (Lipinski definition) is 1. The maximum Gasteiger partial charge on any atom is 0.332 e. The summed E-state index contributed by atoms with van der Waals surface area (Å²) in [5.41, 5.74) is 3.28. The summed E-state index contributed by atoms with van der Waals surface area (Å²) in [5, 5.41) is 0.353. The topological polar surface area (TPSA) is 80.1 Å². The Balaban J connectivity index is 1.95.